The van der Waals surface area contributed by atoms with Gasteiger partial charge in [0.25, 0.3) is 11.7 Å². The molecule has 2 fully saturated rings. The standard InChI is InChI=1S/C28H32FNO4/c1-5-34-22-15-14-17(16-20(22)28(2,3)4)25(31)23-24(19-12-8-9-13-21(19)29)30(27(33)26(23)32)18-10-6-7-11-18/h8-9,12-16,18,24,31H,5-7,10-11H2,1-4H3/b25-23+. The number of halogens is 1. The van der Waals surface area contributed by atoms with Gasteiger partial charge in [-0.1, -0.05) is 51.8 Å². The first-order valence-electron chi connectivity index (χ1n) is 12.0. The Morgan fingerprint density at radius 1 is 1.12 bits per heavy atom. The number of ether oxygens (including phenoxy) is 1. The Hall–Kier alpha value is -3.15. The van der Waals surface area contributed by atoms with Crippen molar-refractivity contribution in [3.05, 3.63) is 70.5 Å². The fourth-order valence-electron chi connectivity index (χ4n) is 5.11. The first kappa shape index (κ1) is 24.0. The molecule has 0 radical (unpaired) electrons. The minimum atomic E-state index is -0.964. The van der Waals surface area contributed by atoms with E-state index in [4.69, 9.17) is 4.74 Å². The number of carbonyl (C=O) groups excluding carboxylic acids is 2. The highest BCUT2D eigenvalue weighted by Gasteiger charge is 2.50. The molecule has 34 heavy (non-hydrogen) atoms. The number of amides is 1. The topological polar surface area (TPSA) is 66.8 Å². The lowest BCUT2D eigenvalue weighted by molar-refractivity contribution is -0.141. The molecule has 0 spiro atoms. The molecule has 0 bridgehead atoms. The van der Waals surface area contributed by atoms with Crippen LogP contribution >= 0.6 is 0 Å². The van der Waals surface area contributed by atoms with Crippen molar-refractivity contribution < 1.29 is 23.8 Å². The summed E-state index contributed by atoms with van der Waals surface area (Å²) >= 11 is 0. The van der Waals surface area contributed by atoms with Gasteiger partial charge in [-0.25, -0.2) is 4.39 Å². The molecule has 1 atom stereocenters. The molecule has 1 unspecified atom stereocenters. The van der Waals surface area contributed by atoms with Crippen molar-refractivity contribution in [2.24, 2.45) is 0 Å². The van der Waals surface area contributed by atoms with E-state index in [0.29, 0.717) is 17.9 Å². The van der Waals surface area contributed by atoms with Crippen molar-refractivity contribution in [3.8, 4) is 5.75 Å². The van der Waals surface area contributed by atoms with Crippen LogP contribution in [-0.2, 0) is 15.0 Å². The van der Waals surface area contributed by atoms with E-state index in [1.807, 2.05) is 27.7 Å². The molecule has 5 nitrogen and oxygen atoms in total. The fourth-order valence-corrected chi connectivity index (χ4v) is 5.11. The number of rotatable bonds is 5. The van der Waals surface area contributed by atoms with E-state index >= 15 is 0 Å². The molecule has 1 N–H and O–H groups in total. The highest BCUT2D eigenvalue weighted by Crippen LogP contribution is 2.44. The smallest absolute Gasteiger partial charge is 0.295 e. The highest BCUT2D eigenvalue weighted by molar-refractivity contribution is 6.46. The van der Waals surface area contributed by atoms with Crippen LogP contribution in [0.3, 0.4) is 0 Å². The molecule has 1 saturated carbocycles. The van der Waals surface area contributed by atoms with Crippen LogP contribution in [0.15, 0.2) is 48.0 Å². The van der Waals surface area contributed by atoms with Crippen molar-refractivity contribution in [2.75, 3.05) is 6.61 Å². The predicted molar refractivity (Wildman–Crippen MR) is 129 cm³/mol. The Morgan fingerprint density at radius 2 is 1.79 bits per heavy atom. The molecule has 1 heterocycles. The van der Waals surface area contributed by atoms with Gasteiger partial charge in [-0.15, -0.1) is 0 Å². The lowest BCUT2D eigenvalue weighted by atomic mass is 9.84. The van der Waals surface area contributed by atoms with Crippen molar-refractivity contribution in [3.63, 3.8) is 0 Å². The molecule has 2 aromatic rings. The first-order chi connectivity index (χ1) is 16.1. The molecule has 1 aliphatic heterocycles. The third kappa shape index (κ3) is 4.22. The zero-order valence-electron chi connectivity index (χ0n) is 20.2. The summed E-state index contributed by atoms with van der Waals surface area (Å²) in [4.78, 5) is 28.0. The second kappa shape index (κ2) is 9.24. The van der Waals surface area contributed by atoms with Gasteiger partial charge in [-0.2, -0.15) is 0 Å². The molecular weight excluding hydrogens is 433 g/mol. The molecule has 2 aromatic carbocycles. The monoisotopic (exact) mass is 465 g/mol. The number of carbonyl (C=O) groups is 2. The average Bonchev–Trinajstić information content (AvgIpc) is 3.40. The minimum Gasteiger partial charge on any atom is -0.507 e. The number of aliphatic hydroxyl groups excluding tert-OH is 1. The Balaban J connectivity index is 1.91. The van der Waals surface area contributed by atoms with Gasteiger partial charge in [-0.3, -0.25) is 9.59 Å². The van der Waals surface area contributed by atoms with Crippen LogP contribution in [-0.4, -0.2) is 34.3 Å². The molecule has 1 amide bonds. The maximum Gasteiger partial charge on any atom is 0.295 e. The number of hydrogen-bond donors (Lipinski definition) is 1. The Morgan fingerprint density at radius 3 is 2.41 bits per heavy atom. The van der Waals surface area contributed by atoms with Crippen LogP contribution in [0.25, 0.3) is 5.76 Å². The molecule has 1 aliphatic carbocycles. The second-order valence-electron chi connectivity index (χ2n) is 10.1. The van der Waals surface area contributed by atoms with Crippen LogP contribution < -0.4 is 4.74 Å². The quantitative estimate of drug-likeness (QED) is 0.340. The zero-order chi connectivity index (χ0) is 24.6. The lowest BCUT2D eigenvalue weighted by Crippen LogP contribution is -2.38. The highest BCUT2D eigenvalue weighted by atomic mass is 19.1. The second-order valence-corrected chi connectivity index (χ2v) is 10.1. The van der Waals surface area contributed by atoms with E-state index in [9.17, 15) is 19.1 Å². The summed E-state index contributed by atoms with van der Waals surface area (Å²) in [5, 5.41) is 11.4. The lowest BCUT2D eigenvalue weighted by Gasteiger charge is -2.31. The Bertz CT molecular complexity index is 1140. The van der Waals surface area contributed by atoms with Gasteiger partial charge in [0.1, 0.15) is 17.3 Å². The third-order valence-corrected chi connectivity index (χ3v) is 6.76. The van der Waals surface area contributed by atoms with Crippen molar-refractivity contribution in [1.82, 2.24) is 4.90 Å². The zero-order valence-corrected chi connectivity index (χ0v) is 20.2. The van der Waals surface area contributed by atoms with Gasteiger partial charge in [0, 0.05) is 22.7 Å². The molecule has 6 heteroatoms. The molecule has 2 aliphatic rings. The number of aliphatic hydroxyl groups is 1. The van der Waals surface area contributed by atoms with Gasteiger partial charge in [-0.05, 0) is 49.4 Å². The number of nitrogens with zero attached hydrogens (tertiary/aromatic N) is 1. The summed E-state index contributed by atoms with van der Waals surface area (Å²) in [6.07, 6.45) is 3.42. The summed E-state index contributed by atoms with van der Waals surface area (Å²) in [6, 6.07) is 10.3. The Kier molecular flexibility index (Phi) is 6.52. The number of ketones is 1. The largest absolute Gasteiger partial charge is 0.507 e. The van der Waals surface area contributed by atoms with Gasteiger partial charge >= 0.3 is 0 Å². The SMILES string of the molecule is CCOc1ccc(/C(O)=C2\C(=O)C(=O)N(C3CCCC3)C2c2ccccc2F)cc1C(C)(C)C. The van der Waals surface area contributed by atoms with Gasteiger partial charge < -0.3 is 14.7 Å². The maximum absolute atomic E-state index is 15.0. The summed E-state index contributed by atoms with van der Waals surface area (Å²) in [6.45, 7) is 8.50. The number of Topliss-reactive ketones (excluding diaryl/α,β-unsaturated/α-hetero) is 1. The minimum absolute atomic E-state index is 0.0639. The van der Waals surface area contributed by atoms with Gasteiger partial charge in [0.05, 0.1) is 18.2 Å². The van der Waals surface area contributed by atoms with Gasteiger partial charge in [0.2, 0.25) is 0 Å². The number of likely N-dealkylation sites (tertiary alicyclic amines) is 1. The normalized spacial score (nSPS) is 20.9. The molecule has 1 saturated heterocycles. The third-order valence-electron chi connectivity index (χ3n) is 6.76. The van der Waals surface area contributed by atoms with Crippen molar-refractivity contribution in [1.29, 1.82) is 0 Å². The molecule has 0 aromatic heterocycles. The molecular formula is C28H32FNO4. The summed E-state index contributed by atoms with van der Waals surface area (Å²) in [7, 11) is 0. The fraction of sp³-hybridized carbons (Fsp3) is 0.429. The Labute approximate surface area is 200 Å². The van der Waals surface area contributed by atoms with Crippen LogP contribution in [0, 0.1) is 5.82 Å². The summed E-state index contributed by atoms with van der Waals surface area (Å²) < 4.78 is 20.8. The molecule has 4 rings (SSSR count). The average molecular weight is 466 g/mol. The van der Waals surface area contributed by atoms with Crippen LogP contribution in [0.4, 0.5) is 4.39 Å². The first-order valence-corrected chi connectivity index (χ1v) is 12.0. The summed E-state index contributed by atoms with van der Waals surface area (Å²) in [5.41, 5.74) is 1.13. The van der Waals surface area contributed by atoms with Crippen LogP contribution in [0.1, 0.15) is 76.1 Å². The maximum atomic E-state index is 15.0. The van der Waals surface area contributed by atoms with Crippen LogP contribution in [0.2, 0.25) is 0 Å². The summed E-state index contributed by atoms with van der Waals surface area (Å²) in [5.74, 6) is -1.55. The van der Waals surface area contributed by atoms with E-state index in [2.05, 4.69) is 0 Å². The van der Waals surface area contributed by atoms with Crippen LogP contribution in [0.5, 0.6) is 5.75 Å². The van der Waals surface area contributed by atoms with Crippen molar-refractivity contribution in [2.45, 2.75) is 70.9 Å². The van der Waals surface area contributed by atoms with E-state index in [1.165, 1.54) is 11.0 Å². The van der Waals surface area contributed by atoms with E-state index in [-0.39, 0.29) is 28.4 Å². The van der Waals surface area contributed by atoms with Crippen molar-refractivity contribution >= 4 is 17.4 Å². The number of hydrogen-bond acceptors (Lipinski definition) is 4. The van der Waals surface area contributed by atoms with E-state index < -0.39 is 23.5 Å². The van der Waals surface area contributed by atoms with Gasteiger partial charge in [0.15, 0.2) is 0 Å². The predicted octanol–water partition coefficient (Wildman–Crippen LogP) is 5.89. The number of benzene rings is 2. The molecule has 180 valence electrons. The van der Waals surface area contributed by atoms with E-state index in [1.54, 1.807) is 36.4 Å². The van der Waals surface area contributed by atoms with E-state index in [0.717, 1.165) is 31.2 Å².